The molecular formula is C23H25N3O3. The number of carbonyl (C=O) groups excluding carboxylic acids is 1. The summed E-state index contributed by atoms with van der Waals surface area (Å²) in [5.41, 5.74) is 4.33. The highest BCUT2D eigenvalue weighted by Gasteiger charge is 2.21. The summed E-state index contributed by atoms with van der Waals surface area (Å²) < 4.78 is 13.1. The Morgan fingerprint density at radius 1 is 1.10 bits per heavy atom. The number of hydrogen-bond donors (Lipinski definition) is 1. The molecule has 0 spiro atoms. The maximum atomic E-state index is 13.0. The van der Waals surface area contributed by atoms with Crippen LogP contribution in [0.2, 0.25) is 0 Å². The number of benzene rings is 2. The molecule has 1 atom stereocenters. The molecule has 1 aliphatic rings. The number of rotatable bonds is 5. The van der Waals surface area contributed by atoms with Crippen LogP contribution in [0.5, 0.6) is 11.5 Å². The zero-order valence-electron chi connectivity index (χ0n) is 16.9. The molecule has 2 heterocycles. The topological polar surface area (TPSA) is 65.4 Å². The Bertz CT molecular complexity index is 1030. The van der Waals surface area contributed by atoms with E-state index >= 15 is 0 Å². The van der Waals surface area contributed by atoms with Crippen molar-refractivity contribution in [1.82, 2.24) is 15.1 Å². The lowest BCUT2D eigenvalue weighted by molar-refractivity contribution is 0.0938. The molecule has 29 heavy (non-hydrogen) atoms. The monoisotopic (exact) mass is 391 g/mol. The van der Waals surface area contributed by atoms with Gasteiger partial charge in [0.25, 0.3) is 5.91 Å². The van der Waals surface area contributed by atoms with E-state index in [1.165, 1.54) is 0 Å². The molecular weight excluding hydrogens is 366 g/mol. The third-order valence-corrected chi connectivity index (χ3v) is 5.20. The number of carbonyl (C=O) groups is 1. The minimum Gasteiger partial charge on any atom is -0.486 e. The van der Waals surface area contributed by atoms with E-state index in [-0.39, 0.29) is 11.9 Å². The van der Waals surface area contributed by atoms with Crippen LogP contribution in [0.4, 0.5) is 0 Å². The van der Waals surface area contributed by atoms with Crippen molar-refractivity contribution in [2.24, 2.45) is 0 Å². The lowest BCUT2D eigenvalue weighted by atomic mass is 10.1. The van der Waals surface area contributed by atoms with E-state index in [1.54, 1.807) is 0 Å². The number of fused-ring (bicyclic) bond motifs is 1. The molecule has 1 amide bonds. The van der Waals surface area contributed by atoms with Gasteiger partial charge in [0.2, 0.25) is 0 Å². The minimum absolute atomic E-state index is 0.123. The highest BCUT2D eigenvalue weighted by molar-refractivity contribution is 5.96. The van der Waals surface area contributed by atoms with Gasteiger partial charge in [0.05, 0.1) is 23.8 Å². The molecule has 0 saturated carbocycles. The maximum absolute atomic E-state index is 13.0. The van der Waals surface area contributed by atoms with Gasteiger partial charge in [-0.2, -0.15) is 5.10 Å². The van der Waals surface area contributed by atoms with Gasteiger partial charge >= 0.3 is 0 Å². The molecule has 1 aliphatic heterocycles. The average Bonchev–Trinajstić information content (AvgIpc) is 3.01. The molecule has 3 aromatic rings. The Kier molecular flexibility index (Phi) is 5.25. The van der Waals surface area contributed by atoms with Crippen LogP contribution in [0.3, 0.4) is 0 Å². The summed E-state index contributed by atoms with van der Waals surface area (Å²) in [6.45, 7) is 7.51. The molecule has 2 aromatic carbocycles. The highest BCUT2D eigenvalue weighted by atomic mass is 16.6. The Hall–Kier alpha value is -3.28. The molecule has 0 fully saturated rings. The first-order valence-electron chi connectivity index (χ1n) is 9.81. The summed E-state index contributed by atoms with van der Waals surface area (Å²) in [6, 6.07) is 15.7. The lowest BCUT2D eigenvalue weighted by Crippen LogP contribution is -2.28. The summed E-state index contributed by atoms with van der Waals surface area (Å²) in [7, 11) is 0. The standard InChI is InChI=1S/C23H25N3O3/c1-15(19-9-10-20-21(13-19)29-12-11-28-20)24-23(27)22-16(2)25-26(17(22)3)14-18-7-5-4-6-8-18/h4-10,13,15H,11-12,14H2,1-3H3,(H,24,27)/t15-/m0/s1. The fourth-order valence-electron chi connectivity index (χ4n) is 3.62. The number of hydrogen-bond acceptors (Lipinski definition) is 4. The van der Waals surface area contributed by atoms with E-state index in [4.69, 9.17) is 9.47 Å². The van der Waals surface area contributed by atoms with Crippen molar-refractivity contribution in [3.05, 3.63) is 76.6 Å². The van der Waals surface area contributed by atoms with Crippen LogP contribution in [0.25, 0.3) is 0 Å². The highest BCUT2D eigenvalue weighted by Crippen LogP contribution is 2.32. The van der Waals surface area contributed by atoms with Crippen LogP contribution in [-0.2, 0) is 6.54 Å². The van der Waals surface area contributed by atoms with Crippen LogP contribution in [0.1, 0.15) is 45.8 Å². The van der Waals surface area contributed by atoms with Gasteiger partial charge in [-0.25, -0.2) is 0 Å². The number of aromatic nitrogens is 2. The number of ether oxygens (including phenoxy) is 2. The number of amides is 1. The first-order valence-corrected chi connectivity index (χ1v) is 9.81. The van der Waals surface area contributed by atoms with Crippen LogP contribution in [-0.4, -0.2) is 28.9 Å². The van der Waals surface area contributed by atoms with Gasteiger partial charge in [-0.15, -0.1) is 0 Å². The van der Waals surface area contributed by atoms with Gasteiger partial charge in [0.15, 0.2) is 11.5 Å². The Labute approximate surface area is 170 Å². The second-order valence-corrected chi connectivity index (χ2v) is 7.29. The van der Waals surface area contributed by atoms with Crippen LogP contribution < -0.4 is 14.8 Å². The van der Waals surface area contributed by atoms with E-state index in [1.807, 2.05) is 61.9 Å². The number of nitrogens with one attached hydrogen (secondary N) is 1. The quantitative estimate of drug-likeness (QED) is 0.718. The largest absolute Gasteiger partial charge is 0.486 e. The minimum atomic E-state index is -0.172. The second-order valence-electron chi connectivity index (χ2n) is 7.29. The van der Waals surface area contributed by atoms with Gasteiger partial charge in [0.1, 0.15) is 13.2 Å². The first kappa shape index (κ1) is 19.1. The molecule has 6 nitrogen and oxygen atoms in total. The third-order valence-electron chi connectivity index (χ3n) is 5.20. The second kappa shape index (κ2) is 7.99. The summed E-state index contributed by atoms with van der Waals surface area (Å²) in [5, 5.41) is 7.67. The van der Waals surface area contributed by atoms with Gasteiger partial charge in [-0.05, 0) is 44.0 Å². The molecule has 0 radical (unpaired) electrons. The van der Waals surface area contributed by atoms with E-state index in [9.17, 15) is 4.79 Å². The SMILES string of the molecule is Cc1nn(Cc2ccccc2)c(C)c1C(=O)N[C@@H](C)c1ccc2c(c1)OCCO2. The molecule has 0 saturated heterocycles. The number of nitrogens with zero attached hydrogens (tertiary/aromatic N) is 2. The van der Waals surface area contributed by atoms with Crippen LogP contribution >= 0.6 is 0 Å². The van der Waals surface area contributed by atoms with Crippen molar-refractivity contribution in [1.29, 1.82) is 0 Å². The van der Waals surface area contributed by atoms with Crippen molar-refractivity contribution >= 4 is 5.91 Å². The van der Waals surface area contributed by atoms with Crippen molar-refractivity contribution in [2.75, 3.05) is 13.2 Å². The summed E-state index contributed by atoms with van der Waals surface area (Å²) in [6.07, 6.45) is 0. The van der Waals surface area contributed by atoms with Crippen molar-refractivity contribution in [3.63, 3.8) is 0 Å². The van der Waals surface area contributed by atoms with E-state index in [0.717, 1.165) is 34.0 Å². The predicted octanol–water partition coefficient (Wildman–Crippen LogP) is 3.81. The summed E-state index contributed by atoms with van der Waals surface area (Å²) in [5.74, 6) is 1.34. The Balaban J connectivity index is 1.51. The molecule has 1 aromatic heterocycles. The first-order chi connectivity index (χ1) is 14.0. The van der Waals surface area contributed by atoms with Gasteiger partial charge in [0, 0.05) is 5.69 Å². The molecule has 0 bridgehead atoms. The van der Waals surface area contributed by atoms with E-state index in [0.29, 0.717) is 25.3 Å². The zero-order valence-corrected chi connectivity index (χ0v) is 16.9. The van der Waals surface area contributed by atoms with Crippen molar-refractivity contribution in [2.45, 2.75) is 33.4 Å². The summed E-state index contributed by atoms with van der Waals surface area (Å²) >= 11 is 0. The average molecular weight is 391 g/mol. The molecule has 0 aliphatic carbocycles. The van der Waals surface area contributed by atoms with Crippen LogP contribution in [0, 0.1) is 13.8 Å². The van der Waals surface area contributed by atoms with Gasteiger partial charge < -0.3 is 14.8 Å². The van der Waals surface area contributed by atoms with Crippen molar-refractivity contribution in [3.8, 4) is 11.5 Å². The third kappa shape index (κ3) is 3.97. The molecule has 0 unspecified atom stereocenters. The molecule has 150 valence electrons. The molecule has 1 N–H and O–H groups in total. The van der Waals surface area contributed by atoms with Crippen molar-refractivity contribution < 1.29 is 14.3 Å². The predicted molar refractivity (Wildman–Crippen MR) is 111 cm³/mol. The normalized spacial score (nSPS) is 13.8. The van der Waals surface area contributed by atoms with Crippen LogP contribution in [0.15, 0.2) is 48.5 Å². The fraction of sp³-hybridized carbons (Fsp3) is 0.304. The van der Waals surface area contributed by atoms with Gasteiger partial charge in [-0.3, -0.25) is 9.48 Å². The molecule has 6 heteroatoms. The Morgan fingerprint density at radius 3 is 2.59 bits per heavy atom. The number of aryl methyl sites for hydroxylation is 1. The smallest absolute Gasteiger partial charge is 0.255 e. The maximum Gasteiger partial charge on any atom is 0.255 e. The van der Waals surface area contributed by atoms with E-state index in [2.05, 4.69) is 22.5 Å². The zero-order chi connectivity index (χ0) is 20.4. The Morgan fingerprint density at radius 2 is 1.83 bits per heavy atom. The summed E-state index contributed by atoms with van der Waals surface area (Å²) in [4.78, 5) is 13.0. The fourth-order valence-corrected chi connectivity index (χ4v) is 3.62. The van der Waals surface area contributed by atoms with Gasteiger partial charge in [-0.1, -0.05) is 36.4 Å². The van der Waals surface area contributed by atoms with E-state index < -0.39 is 0 Å². The lowest BCUT2D eigenvalue weighted by Gasteiger charge is -2.21. The molecule has 4 rings (SSSR count).